The Bertz CT molecular complexity index is 1180. The number of fused-ring (bicyclic) bond motifs is 2. The Kier molecular flexibility index (Phi) is 4.48. The minimum absolute atomic E-state index is 0.202. The van der Waals surface area contributed by atoms with Crippen LogP contribution in [0.3, 0.4) is 0 Å². The number of halogens is 2. The average molecular weight is 418 g/mol. The largest absolute Gasteiger partial charge is 0.324 e. The standard InChI is InChI=1S/C25H20F2N2O2/c1-29-14-19(15-7-9-17(26)10-8-15)22(23(30)16-5-3-2-4-6-16)25(29)20-13-18(27)11-12-21(20)28-24(25)31/h2-13,19,22H,14H2,1H3,(H,28,31)/t19-,22-,25-/m1/s1. The summed E-state index contributed by atoms with van der Waals surface area (Å²) in [4.78, 5) is 29.2. The van der Waals surface area contributed by atoms with Crippen LogP contribution in [0.5, 0.6) is 0 Å². The minimum Gasteiger partial charge on any atom is -0.324 e. The van der Waals surface area contributed by atoms with Crippen molar-refractivity contribution >= 4 is 17.4 Å². The number of ketones is 1. The summed E-state index contributed by atoms with van der Waals surface area (Å²) >= 11 is 0. The number of Topliss-reactive ketones (excluding diaryl/α,β-unsaturated/α-hetero) is 1. The number of carbonyl (C=O) groups is 2. The van der Waals surface area contributed by atoms with Crippen molar-refractivity contribution in [3.63, 3.8) is 0 Å². The molecule has 1 saturated heterocycles. The number of nitrogens with one attached hydrogen (secondary N) is 1. The summed E-state index contributed by atoms with van der Waals surface area (Å²) in [5, 5.41) is 2.85. The zero-order valence-electron chi connectivity index (χ0n) is 16.8. The zero-order valence-corrected chi connectivity index (χ0v) is 16.8. The van der Waals surface area contributed by atoms with Gasteiger partial charge in [0.2, 0.25) is 5.91 Å². The van der Waals surface area contributed by atoms with Crippen molar-refractivity contribution in [3.8, 4) is 0 Å². The van der Waals surface area contributed by atoms with E-state index < -0.39 is 17.3 Å². The number of likely N-dealkylation sites (tertiary alicyclic amines) is 1. The van der Waals surface area contributed by atoms with Gasteiger partial charge in [0.1, 0.15) is 17.2 Å². The molecule has 1 spiro atoms. The molecule has 0 bridgehead atoms. The van der Waals surface area contributed by atoms with Gasteiger partial charge in [-0.2, -0.15) is 0 Å². The van der Waals surface area contributed by atoms with Crippen LogP contribution in [0.15, 0.2) is 72.8 Å². The van der Waals surface area contributed by atoms with Gasteiger partial charge in [-0.15, -0.1) is 0 Å². The molecule has 2 aliphatic rings. The van der Waals surface area contributed by atoms with Gasteiger partial charge in [0, 0.05) is 29.3 Å². The normalized spacial score (nSPS) is 24.9. The summed E-state index contributed by atoms with van der Waals surface area (Å²) in [6.45, 7) is 0.387. The molecular formula is C25H20F2N2O2. The van der Waals surface area contributed by atoms with E-state index in [1.54, 1.807) is 43.4 Å². The van der Waals surface area contributed by atoms with Crippen LogP contribution in [-0.2, 0) is 10.3 Å². The Balaban J connectivity index is 1.74. The molecule has 156 valence electrons. The molecule has 2 heterocycles. The van der Waals surface area contributed by atoms with Crippen LogP contribution in [0, 0.1) is 17.6 Å². The molecule has 3 aromatic rings. The Morgan fingerprint density at radius 2 is 1.68 bits per heavy atom. The summed E-state index contributed by atoms with van der Waals surface area (Å²) in [6.07, 6.45) is 0. The van der Waals surface area contributed by atoms with Crippen LogP contribution in [0.2, 0.25) is 0 Å². The van der Waals surface area contributed by atoms with E-state index in [4.69, 9.17) is 0 Å². The third kappa shape index (κ3) is 2.82. The van der Waals surface area contributed by atoms with Crippen molar-refractivity contribution in [2.75, 3.05) is 18.9 Å². The first-order valence-electron chi connectivity index (χ1n) is 10.1. The van der Waals surface area contributed by atoms with E-state index >= 15 is 0 Å². The van der Waals surface area contributed by atoms with Gasteiger partial charge in [-0.1, -0.05) is 42.5 Å². The van der Waals surface area contributed by atoms with E-state index in [2.05, 4.69) is 5.32 Å². The number of nitrogens with zero attached hydrogens (tertiary/aromatic N) is 1. The molecule has 2 aliphatic heterocycles. The van der Waals surface area contributed by atoms with Crippen molar-refractivity contribution in [1.29, 1.82) is 0 Å². The van der Waals surface area contributed by atoms with E-state index in [0.717, 1.165) is 5.56 Å². The van der Waals surface area contributed by atoms with Crippen LogP contribution < -0.4 is 5.32 Å². The Morgan fingerprint density at radius 3 is 2.39 bits per heavy atom. The molecule has 0 unspecified atom stereocenters. The number of likely N-dealkylation sites (N-methyl/N-ethyl adjacent to an activating group) is 1. The summed E-state index contributed by atoms with van der Waals surface area (Å²) in [5.41, 5.74) is 0.843. The van der Waals surface area contributed by atoms with Gasteiger partial charge in [-0.25, -0.2) is 8.78 Å². The number of rotatable bonds is 3. The van der Waals surface area contributed by atoms with Crippen molar-refractivity contribution in [3.05, 3.63) is 101 Å². The molecule has 5 rings (SSSR count). The summed E-state index contributed by atoms with van der Waals surface area (Å²) in [6, 6.07) is 19.0. The van der Waals surface area contributed by atoms with Crippen molar-refractivity contribution in [2.24, 2.45) is 5.92 Å². The fourth-order valence-electron chi connectivity index (χ4n) is 5.20. The predicted molar refractivity (Wildman–Crippen MR) is 113 cm³/mol. The second kappa shape index (κ2) is 7.10. The van der Waals surface area contributed by atoms with Gasteiger partial charge in [-0.05, 0) is 42.9 Å². The molecule has 3 atom stereocenters. The number of hydrogen-bond acceptors (Lipinski definition) is 3. The fraction of sp³-hybridized carbons (Fsp3) is 0.200. The molecule has 4 nitrogen and oxygen atoms in total. The minimum atomic E-state index is -1.36. The quantitative estimate of drug-likeness (QED) is 0.644. The average Bonchev–Trinajstić information content (AvgIpc) is 3.24. The van der Waals surface area contributed by atoms with E-state index in [1.807, 2.05) is 11.0 Å². The molecule has 1 fully saturated rings. The van der Waals surface area contributed by atoms with Crippen molar-refractivity contribution < 1.29 is 18.4 Å². The third-order valence-electron chi connectivity index (χ3n) is 6.55. The van der Waals surface area contributed by atoms with E-state index in [0.29, 0.717) is 23.4 Å². The summed E-state index contributed by atoms with van der Waals surface area (Å²) in [7, 11) is 1.77. The number of anilines is 1. The van der Waals surface area contributed by atoms with Crippen LogP contribution in [0.1, 0.15) is 27.4 Å². The lowest BCUT2D eigenvalue weighted by atomic mass is 9.70. The maximum Gasteiger partial charge on any atom is 0.250 e. The van der Waals surface area contributed by atoms with Crippen LogP contribution in [-0.4, -0.2) is 30.2 Å². The first-order valence-corrected chi connectivity index (χ1v) is 10.1. The lowest BCUT2D eigenvalue weighted by Crippen LogP contribution is -2.51. The van der Waals surface area contributed by atoms with Crippen LogP contribution >= 0.6 is 0 Å². The Hall–Kier alpha value is -3.38. The maximum absolute atomic E-state index is 14.3. The third-order valence-corrected chi connectivity index (χ3v) is 6.55. The highest BCUT2D eigenvalue weighted by molar-refractivity contribution is 6.12. The van der Waals surface area contributed by atoms with Gasteiger partial charge < -0.3 is 5.32 Å². The van der Waals surface area contributed by atoms with E-state index in [-0.39, 0.29) is 23.4 Å². The highest BCUT2D eigenvalue weighted by Gasteiger charge is 2.64. The van der Waals surface area contributed by atoms with Gasteiger partial charge in [0.05, 0.1) is 5.92 Å². The Labute approximate surface area is 178 Å². The summed E-state index contributed by atoms with van der Waals surface area (Å²) in [5.74, 6) is -2.59. The maximum atomic E-state index is 14.3. The second-order valence-corrected chi connectivity index (χ2v) is 8.16. The molecule has 0 aliphatic carbocycles. The monoisotopic (exact) mass is 418 g/mol. The van der Waals surface area contributed by atoms with Gasteiger partial charge in [-0.3, -0.25) is 14.5 Å². The molecule has 6 heteroatoms. The molecule has 0 radical (unpaired) electrons. The second-order valence-electron chi connectivity index (χ2n) is 8.16. The molecule has 3 aromatic carbocycles. The molecule has 1 N–H and O–H groups in total. The van der Waals surface area contributed by atoms with Crippen molar-refractivity contribution in [1.82, 2.24) is 4.90 Å². The van der Waals surface area contributed by atoms with Crippen molar-refractivity contribution in [2.45, 2.75) is 11.5 Å². The smallest absolute Gasteiger partial charge is 0.250 e. The lowest BCUT2D eigenvalue weighted by Gasteiger charge is -2.35. The molecule has 31 heavy (non-hydrogen) atoms. The predicted octanol–water partition coefficient (Wildman–Crippen LogP) is 4.34. The van der Waals surface area contributed by atoms with Crippen LogP contribution in [0.25, 0.3) is 0 Å². The SMILES string of the molecule is CN1C[C@H](c2ccc(F)cc2)[C@H](C(=O)c2ccccc2)[C@]12C(=O)Nc1ccc(F)cc12. The molecule has 0 aromatic heterocycles. The Morgan fingerprint density at radius 1 is 1.00 bits per heavy atom. The molecule has 0 saturated carbocycles. The number of amides is 1. The summed E-state index contributed by atoms with van der Waals surface area (Å²) < 4.78 is 27.9. The first-order chi connectivity index (χ1) is 14.9. The van der Waals surface area contributed by atoms with Gasteiger partial charge in [0.15, 0.2) is 5.78 Å². The topological polar surface area (TPSA) is 49.4 Å². The first kappa shape index (κ1) is 19.6. The highest BCUT2D eigenvalue weighted by Crippen LogP contribution is 2.55. The van der Waals surface area contributed by atoms with Gasteiger partial charge in [0.25, 0.3) is 0 Å². The van der Waals surface area contributed by atoms with Gasteiger partial charge >= 0.3 is 0 Å². The molecular weight excluding hydrogens is 398 g/mol. The fourth-order valence-corrected chi connectivity index (χ4v) is 5.20. The number of hydrogen-bond donors (Lipinski definition) is 1. The molecule has 1 amide bonds. The number of benzene rings is 3. The number of carbonyl (C=O) groups excluding carboxylic acids is 2. The lowest BCUT2D eigenvalue weighted by molar-refractivity contribution is -0.126. The van der Waals surface area contributed by atoms with E-state index in [1.165, 1.54) is 30.3 Å². The highest BCUT2D eigenvalue weighted by atomic mass is 19.1. The van der Waals surface area contributed by atoms with E-state index in [9.17, 15) is 18.4 Å². The van der Waals surface area contributed by atoms with Crippen LogP contribution in [0.4, 0.5) is 14.5 Å². The zero-order chi connectivity index (χ0) is 21.8.